The van der Waals surface area contributed by atoms with Gasteiger partial charge >= 0.3 is 0 Å². The van der Waals surface area contributed by atoms with Gasteiger partial charge in [-0.25, -0.2) is 0 Å². The molecule has 0 radical (unpaired) electrons. The second kappa shape index (κ2) is 7.06. The highest BCUT2D eigenvalue weighted by molar-refractivity contribution is 5.99. The second-order valence-corrected chi connectivity index (χ2v) is 4.97. The smallest absolute Gasteiger partial charge is 0.293 e. The van der Waals surface area contributed by atoms with Gasteiger partial charge in [0.1, 0.15) is 5.60 Å². The second-order valence-electron chi connectivity index (χ2n) is 4.97. The summed E-state index contributed by atoms with van der Waals surface area (Å²) < 4.78 is 4.55. The number of hydrogen-bond acceptors (Lipinski definition) is 5. The van der Waals surface area contributed by atoms with Crippen LogP contribution in [0.2, 0.25) is 0 Å². The summed E-state index contributed by atoms with van der Waals surface area (Å²) in [5.41, 5.74) is 0.562. The first-order chi connectivity index (χ1) is 7.76. The molecule has 0 unspecified atom stereocenters. The molecule has 0 aromatic heterocycles. The van der Waals surface area contributed by atoms with Crippen LogP contribution >= 0.6 is 0 Å². The molecular weight excluding hydrogens is 220 g/mol. The summed E-state index contributed by atoms with van der Waals surface area (Å²) in [5.74, 6) is 0.216. The summed E-state index contributed by atoms with van der Waals surface area (Å²) in [6, 6.07) is 0. The van der Waals surface area contributed by atoms with Gasteiger partial charge in [-0.2, -0.15) is 0 Å². The number of Topliss-reactive ketones (excluding diaryl/α,β-unsaturated/α-hetero) is 1. The van der Waals surface area contributed by atoms with Crippen LogP contribution in [0.1, 0.15) is 20.8 Å². The first-order valence-electron chi connectivity index (χ1n) is 5.49. The zero-order valence-electron chi connectivity index (χ0n) is 11.2. The van der Waals surface area contributed by atoms with Crippen molar-refractivity contribution in [2.75, 3.05) is 27.2 Å². The van der Waals surface area contributed by atoms with E-state index in [1.54, 1.807) is 0 Å². The van der Waals surface area contributed by atoms with Crippen molar-refractivity contribution in [2.24, 2.45) is 0 Å². The normalized spacial score (nSPS) is 17.5. The van der Waals surface area contributed by atoms with Gasteiger partial charge in [0.2, 0.25) is 0 Å². The third-order valence-electron chi connectivity index (χ3n) is 1.77. The molecule has 5 heteroatoms. The topological polar surface area (TPSA) is 58.6 Å². The van der Waals surface area contributed by atoms with E-state index in [9.17, 15) is 9.59 Å². The van der Waals surface area contributed by atoms with Gasteiger partial charge in [-0.15, -0.1) is 0 Å². The van der Waals surface area contributed by atoms with Crippen LogP contribution in [0.5, 0.6) is 0 Å². The molecular formula is C12H22N2O3. The number of carbonyl (C=O) groups excluding carboxylic acids is 2. The molecule has 0 amide bonds. The molecule has 0 spiro atoms. The quantitative estimate of drug-likeness (QED) is 0.566. The number of ketones is 1. The predicted octanol–water partition coefficient (Wildman–Crippen LogP) is 0.562. The molecule has 1 saturated heterocycles. The zero-order chi connectivity index (χ0) is 13.5. The van der Waals surface area contributed by atoms with Crippen LogP contribution in [0, 0.1) is 0 Å². The maximum absolute atomic E-state index is 11.0. The number of nitrogens with zero attached hydrogens (tertiary/aromatic N) is 1. The van der Waals surface area contributed by atoms with E-state index in [1.165, 1.54) is 0 Å². The fourth-order valence-electron chi connectivity index (χ4n) is 1.10. The van der Waals surface area contributed by atoms with Crippen molar-refractivity contribution >= 4 is 12.3 Å². The van der Waals surface area contributed by atoms with Crippen molar-refractivity contribution in [3.63, 3.8) is 0 Å². The standard InChI is InChI=1S/C7H12N2O.C5H10O2/c1-9(2)5-6-3-8-4-7(6)10;1-5(2,3)7-4-6/h5,8H,3-4H2,1-2H3;4H,1-3H3/b6-5+;. The fraction of sp³-hybridized carbons (Fsp3) is 0.667. The van der Waals surface area contributed by atoms with E-state index in [-0.39, 0.29) is 11.4 Å². The lowest BCUT2D eigenvalue weighted by atomic mass is 10.2. The number of rotatable bonds is 2. The largest absolute Gasteiger partial charge is 0.462 e. The Kier molecular flexibility index (Phi) is 6.50. The summed E-state index contributed by atoms with van der Waals surface area (Å²) >= 11 is 0. The summed E-state index contributed by atoms with van der Waals surface area (Å²) in [6.45, 7) is 7.14. The van der Waals surface area contributed by atoms with Gasteiger partial charge in [0.25, 0.3) is 6.47 Å². The molecule has 1 aliphatic heterocycles. The number of carbonyl (C=O) groups is 2. The third-order valence-corrected chi connectivity index (χ3v) is 1.77. The Bertz CT molecular complexity index is 291. The van der Waals surface area contributed by atoms with Crippen molar-refractivity contribution in [3.8, 4) is 0 Å². The van der Waals surface area contributed by atoms with Crippen LogP contribution in [0.3, 0.4) is 0 Å². The molecule has 0 saturated carbocycles. The molecule has 1 heterocycles. The molecule has 0 aliphatic carbocycles. The van der Waals surface area contributed by atoms with E-state index in [0.717, 1.165) is 12.1 Å². The van der Waals surface area contributed by atoms with E-state index < -0.39 is 0 Å². The van der Waals surface area contributed by atoms with Crippen molar-refractivity contribution in [1.82, 2.24) is 10.2 Å². The van der Waals surface area contributed by atoms with Gasteiger partial charge in [-0.1, -0.05) is 0 Å². The van der Waals surface area contributed by atoms with Gasteiger partial charge in [-0.3, -0.25) is 9.59 Å². The van der Waals surface area contributed by atoms with Crippen molar-refractivity contribution in [2.45, 2.75) is 26.4 Å². The average Bonchev–Trinajstić information content (AvgIpc) is 2.49. The van der Waals surface area contributed by atoms with Crippen LogP contribution in [-0.2, 0) is 14.3 Å². The average molecular weight is 242 g/mol. The first kappa shape index (κ1) is 15.6. The Hall–Kier alpha value is -1.36. The minimum Gasteiger partial charge on any atom is -0.462 e. The maximum Gasteiger partial charge on any atom is 0.293 e. The minimum atomic E-state index is -0.318. The Labute approximate surface area is 103 Å². The Morgan fingerprint density at radius 3 is 2.12 bits per heavy atom. The Morgan fingerprint density at radius 2 is 1.88 bits per heavy atom. The number of hydrogen-bond donors (Lipinski definition) is 1. The lowest BCUT2D eigenvalue weighted by Gasteiger charge is -2.14. The monoisotopic (exact) mass is 242 g/mol. The molecule has 17 heavy (non-hydrogen) atoms. The van der Waals surface area contributed by atoms with Crippen molar-refractivity contribution in [1.29, 1.82) is 0 Å². The third kappa shape index (κ3) is 8.45. The predicted molar refractivity (Wildman–Crippen MR) is 66.5 cm³/mol. The van der Waals surface area contributed by atoms with E-state index in [1.807, 2.05) is 46.0 Å². The molecule has 0 atom stereocenters. The van der Waals surface area contributed by atoms with Gasteiger partial charge in [0, 0.05) is 32.4 Å². The zero-order valence-corrected chi connectivity index (χ0v) is 11.2. The van der Waals surface area contributed by atoms with Crippen LogP contribution in [0.4, 0.5) is 0 Å². The van der Waals surface area contributed by atoms with Gasteiger partial charge in [0.15, 0.2) is 5.78 Å². The van der Waals surface area contributed by atoms with E-state index in [0.29, 0.717) is 13.0 Å². The van der Waals surface area contributed by atoms with E-state index >= 15 is 0 Å². The molecule has 1 N–H and O–H groups in total. The van der Waals surface area contributed by atoms with Crippen LogP contribution in [0.25, 0.3) is 0 Å². The van der Waals surface area contributed by atoms with Crippen LogP contribution in [-0.4, -0.2) is 49.9 Å². The van der Waals surface area contributed by atoms with Crippen LogP contribution in [0.15, 0.2) is 11.8 Å². The highest BCUT2D eigenvalue weighted by Crippen LogP contribution is 2.02. The highest BCUT2D eigenvalue weighted by Gasteiger charge is 2.15. The highest BCUT2D eigenvalue weighted by atomic mass is 16.5. The van der Waals surface area contributed by atoms with E-state index in [2.05, 4.69) is 10.1 Å². The van der Waals surface area contributed by atoms with Crippen LogP contribution < -0.4 is 5.32 Å². The Morgan fingerprint density at radius 1 is 1.29 bits per heavy atom. The molecule has 0 aromatic rings. The molecule has 0 bridgehead atoms. The molecule has 0 aromatic carbocycles. The molecule has 1 fully saturated rings. The first-order valence-corrected chi connectivity index (χ1v) is 5.49. The minimum absolute atomic E-state index is 0.216. The molecule has 98 valence electrons. The summed E-state index contributed by atoms with van der Waals surface area (Å²) in [5, 5.41) is 2.98. The summed E-state index contributed by atoms with van der Waals surface area (Å²) in [4.78, 5) is 22.4. The molecule has 1 rings (SSSR count). The summed E-state index contributed by atoms with van der Waals surface area (Å²) in [6.07, 6.45) is 1.86. The Balaban J connectivity index is 0.000000325. The summed E-state index contributed by atoms with van der Waals surface area (Å²) in [7, 11) is 3.83. The lowest BCUT2D eigenvalue weighted by molar-refractivity contribution is -0.138. The van der Waals surface area contributed by atoms with Crippen molar-refractivity contribution < 1.29 is 14.3 Å². The SMILES string of the molecule is CC(C)(C)OC=O.CN(C)/C=C1\CNCC1=O. The van der Waals surface area contributed by atoms with Gasteiger partial charge < -0.3 is 15.0 Å². The van der Waals surface area contributed by atoms with Crippen molar-refractivity contribution in [3.05, 3.63) is 11.8 Å². The fourth-order valence-corrected chi connectivity index (χ4v) is 1.10. The number of ether oxygens (including phenoxy) is 1. The van der Waals surface area contributed by atoms with Gasteiger partial charge in [-0.05, 0) is 20.8 Å². The van der Waals surface area contributed by atoms with Gasteiger partial charge in [0.05, 0.1) is 6.54 Å². The maximum atomic E-state index is 11.0. The number of nitrogens with one attached hydrogen (secondary N) is 1. The lowest BCUT2D eigenvalue weighted by Crippen LogP contribution is -2.17. The van der Waals surface area contributed by atoms with E-state index in [4.69, 9.17) is 0 Å². The molecule has 5 nitrogen and oxygen atoms in total. The molecule has 1 aliphatic rings.